The van der Waals surface area contributed by atoms with Crippen molar-refractivity contribution >= 4 is 17.2 Å². The molecule has 2 N–H and O–H groups in total. The minimum atomic E-state index is -1.43. The minimum Gasteiger partial charge on any atom is -0.461 e. The number of alkyl halides is 1. The van der Waals surface area contributed by atoms with Gasteiger partial charge in [-0.25, -0.2) is 18.9 Å². The Kier molecular flexibility index (Phi) is 6.81. The Morgan fingerprint density at radius 3 is 2.71 bits per heavy atom. The van der Waals surface area contributed by atoms with E-state index in [2.05, 4.69) is 20.4 Å². The fraction of sp³-hybridized carbons (Fsp3) is 0.429. The summed E-state index contributed by atoms with van der Waals surface area (Å²) >= 11 is 0. The summed E-state index contributed by atoms with van der Waals surface area (Å²) in [6.07, 6.45) is 4.73. The van der Waals surface area contributed by atoms with E-state index in [1.807, 2.05) is 13.8 Å². The third-order valence-electron chi connectivity index (χ3n) is 4.77. The van der Waals surface area contributed by atoms with E-state index in [1.54, 1.807) is 35.5 Å². The molecule has 0 aromatic carbocycles. The monoisotopic (exact) mass is 430 g/mol. The van der Waals surface area contributed by atoms with E-state index in [0.717, 1.165) is 0 Å². The number of fused-ring (bicyclic) bond motifs is 1. The smallest absolute Gasteiger partial charge is 0.258 e. The van der Waals surface area contributed by atoms with Crippen LogP contribution in [0.2, 0.25) is 0 Å². The molecule has 0 radical (unpaired) electrons. The first kappa shape index (κ1) is 22.6. The predicted octanol–water partition coefficient (Wildman–Crippen LogP) is 2.53. The number of halogens is 1. The van der Waals surface area contributed by atoms with Gasteiger partial charge >= 0.3 is 0 Å². The van der Waals surface area contributed by atoms with Gasteiger partial charge in [-0.15, -0.1) is 0 Å². The van der Waals surface area contributed by atoms with Crippen LogP contribution in [-0.2, 0) is 0 Å². The number of nitrogens with one attached hydrogen (secondary N) is 1. The summed E-state index contributed by atoms with van der Waals surface area (Å²) in [6, 6.07) is 5.03. The van der Waals surface area contributed by atoms with Gasteiger partial charge in [-0.3, -0.25) is 9.69 Å². The third kappa shape index (κ3) is 5.96. The molecule has 1 amide bonds. The van der Waals surface area contributed by atoms with Gasteiger partial charge in [0.1, 0.15) is 12.9 Å². The number of ether oxygens (including phenoxy) is 1. The van der Waals surface area contributed by atoms with E-state index in [1.165, 1.54) is 30.8 Å². The SMILES string of the molecule is CC(C)N(COc1ccc(NC(=O)c2cnc3ccnn3c2)cn1)CC(F)C(C)(C)O. The van der Waals surface area contributed by atoms with Crippen LogP contribution in [0.25, 0.3) is 5.65 Å². The lowest BCUT2D eigenvalue weighted by atomic mass is 10.0. The number of amides is 1. The van der Waals surface area contributed by atoms with Crippen molar-refractivity contribution < 1.29 is 19.0 Å². The zero-order chi connectivity index (χ0) is 22.6. The summed E-state index contributed by atoms with van der Waals surface area (Å²) in [4.78, 5) is 22.5. The van der Waals surface area contributed by atoms with Crippen molar-refractivity contribution in [3.05, 3.63) is 48.5 Å². The molecule has 1 atom stereocenters. The first-order chi connectivity index (χ1) is 14.6. The van der Waals surface area contributed by atoms with Crippen LogP contribution in [0.3, 0.4) is 0 Å². The first-order valence-electron chi connectivity index (χ1n) is 9.93. The molecular formula is C21H27FN6O3. The molecule has 3 rings (SSSR count). The second kappa shape index (κ2) is 9.36. The molecule has 166 valence electrons. The van der Waals surface area contributed by atoms with E-state index in [0.29, 0.717) is 22.8 Å². The highest BCUT2D eigenvalue weighted by Crippen LogP contribution is 2.17. The van der Waals surface area contributed by atoms with Crippen molar-refractivity contribution in [3.8, 4) is 5.88 Å². The van der Waals surface area contributed by atoms with Crippen molar-refractivity contribution in [1.82, 2.24) is 24.5 Å². The van der Waals surface area contributed by atoms with Crippen LogP contribution in [0.4, 0.5) is 10.1 Å². The molecule has 0 aliphatic rings. The predicted molar refractivity (Wildman–Crippen MR) is 114 cm³/mol. The second-order valence-electron chi connectivity index (χ2n) is 8.08. The third-order valence-corrected chi connectivity index (χ3v) is 4.77. The number of pyridine rings is 1. The van der Waals surface area contributed by atoms with Gasteiger partial charge in [-0.2, -0.15) is 5.10 Å². The van der Waals surface area contributed by atoms with Gasteiger partial charge in [0, 0.05) is 37.1 Å². The molecule has 0 bridgehead atoms. The first-order valence-corrected chi connectivity index (χ1v) is 9.93. The van der Waals surface area contributed by atoms with Crippen molar-refractivity contribution in [2.24, 2.45) is 0 Å². The fourth-order valence-electron chi connectivity index (χ4n) is 2.66. The number of nitrogens with zero attached hydrogens (tertiary/aromatic N) is 5. The molecule has 3 aromatic rings. The van der Waals surface area contributed by atoms with Crippen LogP contribution in [0.5, 0.6) is 5.88 Å². The number of hydrogen-bond donors (Lipinski definition) is 2. The number of rotatable bonds is 9. The maximum Gasteiger partial charge on any atom is 0.258 e. The quantitative estimate of drug-likeness (QED) is 0.503. The Labute approximate surface area is 179 Å². The molecule has 10 heteroatoms. The van der Waals surface area contributed by atoms with Crippen LogP contribution in [0.1, 0.15) is 38.1 Å². The molecule has 0 fully saturated rings. The standard InChI is InChI=1S/C21H27FN6O3/c1-14(2)27(12-17(22)21(3,4)30)13-31-19-6-5-16(10-24-19)26-20(29)15-9-23-18-7-8-25-28(18)11-15/h5-11,14,17,30H,12-13H2,1-4H3,(H,26,29). The van der Waals surface area contributed by atoms with Gasteiger partial charge in [-0.1, -0.05) is 0 Å². The van der Waals surface area contributed by atoms with Gasteiger partial charge in [0.2, 0.25) is 5.88 Å². The zero-order valence-corrected chi connectivity index (χ0v) is 18.0. The van der Waals surface area contributed by atoms with Gasteiger partial charge in [0.05, 0.1) is 29.2 Å². The molecule has 0 saturated carbocycles. The number of aromatic nitrogens is 4. The maximum atomic E-state index is 14.2. The van der Waals surface area contributed by atoms with Crippen LogP contribution in [0, 0.1) is 0 Å². The van der Waals surface area contributed by atoms with Gasteiger partial charge in [-0.05, 0) is 33.8 Å². The summed E-state index contributed by atoms with van der Waals surface area (Å²) in [5, 5.41) is 16.6. The molecule has 1 unspecified atom stereocenters. The molecule has 3 heterocycles. The number of carbonyl (C=O) groups excluding carboxylic acids is 1. The van der Waals surface area contributed by atoms with Gasteiger partial charge in [0.15, 0.2) is 5.65 Å². The molecule has 0 saturated heterocycles. The van der Waals surface area contributed by atoms with Gasteiger partial charge in [0.25, 0.3) is 5.91 Å². The van der Waals surface area contributed by atoms with Crippen LogP contribution < -0.4 is 10.1 Å². The van der Waals surface area contributed by atoms with Crippen molar-refractivity contribution in [2.75, 3.05) is 18.6 Å². The fourth-order valence-corrected chi connectivity index (χ4v) is 2.66. The lowest BCUT2D eigenvalue weighted by Gasteiger charge is -2.31. The Bertz CT molecular complexity index is 1020. The summed E-state index contributed by atoms with van der Waals surface area (Å²) in [7, 11) is 0. The van der Waals surface area contributed by atoms with Crippen molar-refractivity contribution in [3.63, 3.8) is 0 Å². The zero-order valence-electron chi connectivity index (χ0n) is 18.0. The number of aliphatic hydroxyl groups is 1. The summed E-state index contributed by atoms with van der Waals surface area (Å²) < 4.78 is 21.4. The van der Waals surface area contributed by atoms with Crippen molar-refractivity contribution in [1.29, 1.82) is 0 Å². The van der Waals surface area contributed by atoms with E-state index >= 15 is 0 Å². The highest BCUT2D eigenvalue weighted by molar-refractivity contribution is 6.03. The topological polar surface area (TPSA) is 105 Å². The summed E-state index contributed by atoms with van der Waals surface area (Å²) in [5.74, 6) is -0.00565. The van der Waals surface area contributed by atoms with Gasteiger partial charge < -0.3 is 15.2 Å². The summed E-state index contributed by atoms with van der Waals surface area (Å²) in [5.41, 5.74) is 0.0702. The normalized spacial score (nSPS) is 13.0. The van der Waals surface area contributed by atoms with Crippen LogP contribution in [-0.4, -0.2) is 66.6 Å². The Morgan fingerprint density at radius 1 is 1.29 bits per heavy atom. The average Bonchev–Trinajstić information content (AvgIpc) is 3.18. The molecule has 9 nitrogen and oxygen atoms in total. The van der Waals surface area contributed by atoms with E-state index in [-0.39, 0.29) is 25.2 Å². The Hall–Kier alpha value is -3.11. The molecule has 0 aliphatic carbocycles. The number of hydrogen-bond acceptors (Lipinski definition) is 7. The number of carbonyl (C=O) groups is 1. The molecular weight excluding hydrogens is 403 g/mol. The Balaban J connectivity index is 1.57. The van der Waals surface area contributed by atoms with E-state index < -0.39 is 11.8 Å². The van der Waals surface area contributed by atoms with Crippen LogP contribution in [0.15, 0.2) is 43.0 Å². The lowest BCUT2D eigenvalue weighted by molar-refractivity contribution is -0.0341. The highest BCUT2D eigenvalue weighted by Gasteiger charge is 2.29. The second-order valence-corrected chi connectivity index (χ2v) is 8.08. The largest absolute Gasteiger partial charge is 0.461 e. The average molecular weight is 430 g/mol. The van der Waals surface area contributed by atoms with Crippen molar-refractivity contribution in [2.45, 2.75) is 45.5 Å². The molecule has 3 aromatic heterocycles. The summed E-state index contributed by atoms with van der Waals surface area (Å²) in [6.45, 7) is 6.86. The Morgan fingerprint density at radius 2 is 2.06 bits per heavy atom. The maximum absolute atomic E-state index is 14.2. The van der Waals surface area contributed by atoms with E-state index in [4.69, 9.17) is 4.74 Å². The molecule has 0 aliphatic heterocycles. The highest BCUT2D eigenvalue weighted by atomic mass is 19.1. The number of anilines is 1. The molecule has 31 heavy (non-hydrogen) atoms. The van der Waals surface area contributed by atoms with E-state index in [9.17, 15) is 14.3 Å². The minimum absolute atomic E-state index is 0.0138. The lowest BCUT2D eigenvalue weighted by Crippen LogP contribution is -2.46. The van der Waals surface area contributed by atoms with Crippen LogP contribution >= 0.6 is 0 Å². The molecule has 0 spiro atoms.